The van der Waals surface area contributed by atoms with E-state index in [1.165, 1.54) is 18.3 Å². The maximum atomic E-state index is 10.7. The van der Waals surface area contributed by atoms with Crippen molar-refractivity contribution in [3.05, 3.63) is 52.7 Å². The summed E-state index contributed by atoms with van der Waals surface area (Å²) in [5.41, 5.74) is 2.04. The average molecular weight is 320 g/mol. The number of aromatic nitrogens is 1. The Bertz CT molecular complexity index is 715. The van der Waals surface area contributed by atoms with Gasteiger partial charge in [0.2, 0.25) is 5.88 Å². The fraction of sp³-hybridized carbons (Fsp3) is 0.125. The molecule has 2 aromatic rings. The van der Waals surface area contributed by atoms with Gasteiger partial charge >= 0.3 is 5.97 Å². The van der Waals surface area contributed by atoms with Crippen LogP contribution < -0.4 is 4.74 Å². The Labute approximate surface area is 132 Å². The summed E-state index contributed by atoms with van der Waals surface area (Å²) >= 11 is 6.22. The summed E-state index contributed by atoms with van der Waals surface area (Å²) in [5.74, 6) is -0.236. The van der Waals surface area contributed by atoms with Crippen LogP contribution in [0, 0.1) is 6.92 Å². The first-order valence-electron chi connectivity index (χ1n) is 6.41. The van der Waals surface area contributed by atoms with Crippen molar-refractivity contribution < 1.29 is 19.7 Å². The van der Waals surface area contributed by atoms with Crippen LogP contribution in [0.5, 0.6) is 17.4 Å². The van der Waals surface area contributed by atoms with Crippen molar-refractivity contribution in [2.45, 2.75) is 13.8 Å². The molecule has 2 rings (SSSR count). The number of pyridine rings is 1. The van der Waals surface area contributed by atoms with E-state index in [1.807, 2.05) is 0 Å². The van der Waals surface area contributed by atoms with Gasteiger partial charge in [0.05, 0.1) is 11.2 Å². The number of carbonyl (C=O) groups is 1. The SMILES string of the molecule is C/C(=C\C(=O)O)c1cc(C)c(Oc2ccc(O)cn2)c(Cl)c1. The number of nitrogens with zero attached hydrogens (tertiary/aromatic N) is 1. The van der Waals surface area contributed by atoms with E-state index < -0.39 is 5.97 Å². The minimum atomic E-state index is -1.01. The molecule has 0 aliphatic rings. The highest BCUT2D eigenvalue weighted by Crippen LogP contribution is 2.35. The predicted octanol–water partition coefficient (Wildman–Crippen LogP) is 4.03. The zero-order chi connectivity index (χ0) is 16.3. The monoisotopic (exact) mass is 319 g/mol. The molecule has 0 spiro atoms. The van der Waals surface area contributed by atoms with Crippen molar-refractivity contribution in [2.75, 3.05) is 0 Å². The third kappa shape index (κ3) is 3.77. The summed E-state index contributed by atoms with van der Waals surface area (Å²) < 4.78 is 5.62. The maximum Gasteiger partial charge on any atom is 0.328 e. The van der Waals surface area contributed by atoms with Crippen LogP contribution >= 0.6 is 11.6 Å². The van der Waals surface area contributed by atoms with Crippen LogP contribution in [-0.2, 0) is 4.79 Å². The summed E-state index contributed by atoms with van der Waals surface area (Å²) in [5, 5.41) is 18.3. The van der Waals surface area contributed by atoms with Crippen LogP contribution in [0.2, 0.25) is 5.02 Å². The molecule has 0 fully saturated rings. The Morgan fingerprint density at radius 3 is 2.64 bits per heavy atom. The average Bonchev–Trinajstić information content (AvgIpc) is 2.44. The van der Waals surface area contributed by atoms with Gasteiger partial charge in [0.25, 0.3) is 0 Å². The lowest BCUT2D eigenvalue weighted by Gasteiger charge is -2.12. The van der Waals surface area contributed by atoms with Gasteiger partial charge in [-0.25, -0.2) is 9.78 Å². The number of hydrogen-bond donors (Lipinski definition) is 2. The van der Waals surface area contributed by atoms with Crippen molar-refractivity contribution in [3.63, 3.8) is 0 Å². The Kier molecular flexibility index (Phi) is 4.68. The topological polar surface area (TPSA) is 79.7 Å². The van der Waals surface area contributed by atoms with Crippen LogP contribution in [0.15, 0.2) is 36.5 Å². The molecular weight excluding hydrogens is 306 g/mol. The van der Waals surface area contributed by atoms with Crippen LogP contribution in [0.1, 0.15) is 18.1 Å². The van der Waals surface area contributed by atoms with E-state index in [4.69, 9.17) is 21.4 Å². The molecular formula is C16H14ClNO4. The number of carboxylic acids is 1. The number of carboxylic acid groups (broad SMARTS) is 1. The predicted molar refractivity (Wildman–Crippen MR) is 83.5 cm³/mol. The third-order valence-corrected chi connectivity index (χ3v) is 3.23. The highest BCUT2D eigenvalue weighted by molar-refractivity contribution is 6.32. The zero-order valence-corrected chi connectivity index (χ0v) is 12.8. The summed E-state index contributed by atoms with van der Waals surface area (Å²) in [6.07, 6.45) is 2.39. The molecule has 0 radical (unpaired) electrons. The maximum absolute atomic E-state index is 10.7. The molecule has 0 aliphatic heterocycles. The molecule has 0 bridgehead atoms. The van der Waals surface area contributed by atoms with Gasteiger partial charge in [-0.2, -0.15) is 0 Å². The normalized spacial score (nSPS) is 11.3. The zero-order valence-electron chi connectivity index (χ0n) is 12.0. The fourth-order valence-electron chi connectivity index (χ4n) is 1.89. The Hall–Kier alpha value is -2.53. The highest BCUT2D eigenvalue weighted by Gasteiger charge is 2.11. The van der Waals surface area contributed by atoms with E-state index in [-0.39, 0.29) is 5.75 Å². The van der Waals surface area contributed by atoms with Crippen LogP contribution in [0.4, 0.5) is 0 Å². The minimum Gasteiger partial charge on any atom is -0.506 e. The number of ether oxygens (including phenoxy) is 1. The number of allylic oxidation sites excluding steroid dienone is 1. The van der Waals surface area contributed by atoms with Gasteiger partial charge in [0.15, 0.2) is 5.75 Å². The van der Waals surface area contributed by atoms with Crippen molar-refractivity contribution in [1.82, 2.24) is 4.98 Å². The minimum absolute atomic E-state index is 0.0416. The van der Waals surface area contributed by atoms with Crippen LogP contribution in [-0.4, -0.2) is 21.2 Å². The molecule has 22 heavy (non-hydrogen) atoms. The first-order valence-corrected chi connectivity index (χ1v) is 6.79. The first-order chi connectivity index (χ1) is 10.4. The summed E-state index contributed by atoms with van der Waals surface area (Å²) in [6.45, 7) is 3.50. The van der Waals surface area contributed by atoms with Gasteiger partial charge in [0, 0.05) is 12.1 Å². The molecule has 2 N–H and O–H groups in total. The largest absolute Gasteiger partial charge is 0.506 e. The Balaban J connectivity index is 2.34. The molecule has 1 aromatic heterocycles. The lowest BCUT2D eigenvalue weighted by Crippen LogP contribution is -1.94. The lowest BCUT2D eigenvalue weighted by molar-refractivity contribution is -0.131. The Morgan fingerprint density at radius 1 is 1.36 bits per heavy atom. The van der Waals surface area contributed by atoms with E-state index in [0.29, 0.717) is 27.8 Å². The van der Waals surface area contributed by atoms with Gasteiger partial charge in [-0.15, -0.1) is 0 Å². The van der Waals surface area contributed by atoms with Gasteiger partial charge in [-0.1, -0.05) is 11.6 Å². The quantitative estimate of drug-likeness (QED) is 0.832. The standard InChI is InChI=1S/C16H14ClNO4/c1-9(6-15(20)21)11-5-10(2)16(13(17)7-11)22-14-4-3-12(19)8-18-14/h3-8,19H,1-2H3,(H,20,21)/b9-6+. The van der Waals surface area contributed by atoms with Gasteiger partial charge in [-0.3, -0.25) is 0 Å². The summed E-state index contributed by atoms with van der Waals surface area (Å²) in [7, 11) is 0. The number of aryl methyl sites for hydroxylation is 1. The number of benzene rings is 1. The molecule has 1 heterocycles. The van der Waals surface area contributed by atoms with Crippen LogP contribution in [0.3, 0.4) is 0 Å². The van der Waals surface area contributed by atoms with E-state index in [1.54, 1.807) is 26.0 Å². The van der Waals surface area contributed by atoms with Crippen molar-refractivity contribution in [3.8, 4) is 17.4 Å². The molecule has 1 aromatic carbocycles. The first kappa shape index (κ1) is 15.9. The molecule has 0 aliphatic carbocycles. The van der Waals surface area contributed by atoms with E-state index in [0.717, 1.165) is 11.6 Å². The molecule has 0 saturated heterocycles. The van der Waals surface area contributed by atoms with Crippen molar-refractivity contribution >= 4 is 23.1 Å². The fourth-order valence-corrected chi connectivity index (χ4v) is 2.20. The van der Waals surface area contributed by atoms with Crippen molar-refractivity contribution in [2.24, 2.45) is 0 Å². The summed E-state index contributed by atoms with van der Waals surface area (Å²) in [6, 6.07) is 6.41. The molecule has 0 saturated carbocycles. The van der Waals surface area contributed by atoms with E-state index in [2.05, 4.69) is 4.98 Å². The molecule has 114 valence electrons. The molecule has 0 atom stereocenters. The highest BCUT2D eigenvalue weighted by atomic mass is 35.5. The molecule has 0 unspecified atom stereocenters. The molecule has 6 heteroatoms. The number of hydrogen-bond acceptors (Lipinski definition) is 4. The second-order valence-corrected chi connectivity index (χ2v) is 5.13. The van der Waals surface area contributed by atoms with Crippen molar-refractivity contribution in [1.29, 1.82) is 0 Å². The lowest BCUT2D eigenvalue weighted by atomic mass is 10.0. The smallest absolute Gasteiger partial charge is 0.328 e. The van der Waals surface area contributed by atoms with E-state index in [9.17, 15) is 9.90 Å². The second kappa shape index (κ2) is 6.49. The Morgan fingerprint density at radius 2 is 2.09 bits per heavy atom. The van der Waals surface area contributed by atoms with Gasteiger partial charge in [0.1, 0.15) is 5.75 Å². The van der Waals surface area contributed by atoms with Gasteiger partial charge < -0.3 is 14.9 Å². The number of halogens is 1. The third-order valence-electron chi connectivity index (χ3n) is 2.95. The second-order valence-electron chi connectivity index (χ2n) is 4.73. The summed E-state index contributed by atoms with van der Waals surface area (Å²) in [4.78, 5) is 14.7. The number of aromatic hydroxyl groups is 1. The molecule has 5 nitrogen and oxygen atoms in total. The van der Waals surface area contributed by atoms with E-state index >= 15 is 0 Å². The number of rotatable bonds is 4. The van der Waals surface area contributed by atoms with Gasteiger partial charge in [-0.05, 0) is 48.7 Å². The molecule has 0 amide bonds. The van der Waals surface area contributed by atoms with Crippen LogP contribution in [0.25, 0.3) is 5.57 Å². The number of aliphatic carboxylic acids is 1.